The molecule has 8 nitrogen and oxygen atoms in total. The maximum Gasteiger partial charge on any atom is 0.292 e. The predicted molar refractivity (Wildman–Crippen MR) is 90.4 cm³/mol. The lowest BCUT2D eigenvalue weighted by atomic mass is 10.0. The molecule has 0 fully saturated rings. The Morgan fingerprint density at radius 1 is 1.37 bits per heavy atom. The van der Waals surface area contributed by atoms with Gasteiger partial charge in [0.15, 0.2) is 23.8 Å². The van der Waals surface area contributed by atoms with Crippen molar-refractivity contribution < 1.29 is 18.0 Å². The zero-order valence-corrected chi connectivity index (χ0v) is 14.3. The number of amides is 1. The number of nitrogens with one attached hydrogen (secondary N) is 1. The van der Waals surface area contributed by atoms with E-state index in [0.29, 0.717) is 29.9 Å². The van der Waals surface area contributed by atoms with Gasteiger partial charge in [-0.2, -0.15) is 0 Å². The third-order valence-corrected chi connectivity index (χ3v) is 4.74. The van der Waals surface area contributed by atoms with Crippen molar-refractivity contribution in [2.75, 3.05) is 6.54 Å². The number of aromatic nitrogens is 4. The molecular weight excluding hydrogens is 353 g/mol. The SMILES string of the molecule is Cc1ncoc1C(=O)N1CCc2[nH]cnc2[C@H]1c1nc2cccc(F)c2o1. The number of rotatable bonds is 2. The summed E-state index contributed by atoms with van der Waals surface area (Å²) in [6.45, 7) is 2.10. The van der Waals surface area contributed by atoms with Crippen LogP contribution in [-0.2, 0) is 6.42 Å². The fraction of sp³-hybridized carbons (Fsp3) is 0.222. The molecule has 3 aromatic heterocycles. The van der Waals surface area contributed by atoms with E-state index in [4.69, 9.17) is 8.83 Å². The highest BCUT2D eigenvalue weighted by Crippen LogP contribution is 2.36. The minimum atomic E-state index is -0.691. The molecular formula is C18H14FN5O3. The molecule has 1 N–H and O–H groups in total. The Kier molecular flexibility index (Phi) is 3.36. The van der Waals surface area contributed by atoms with Gasteiger partial charge in [0.2, 0.25) is 11.7 Å². The molecule has 4 heterocycles. The Bertz CT molecular complexity index is 1160. The van der Waals surface area contributed by atoms with Crippen molar-refractivity contribution >= 4 is 17.0 Å². The van der Waals surface area contributed by atoms with Crippen molar-refractivity contribution in [1.82, 2.24) is 24.8 Å². The van der Waals surface area contributed by atoms with E-state index in [2.05, 4.69) is 19.9 Å². The first-order valence-electron chi connectivity index (χ1n) is 8.41. The topological polar surface area (TPSA) is 101 Å². The van der Waals surface area contributed by atoms with Gasteiger partial charge >= 0.3 is 0 Å². The molecule has 27 heavy (non-hydrogen) atoms. The van der Waals surface area contributed by atoms with Crippen molar-refractivity contribution in [3.8, 4) is 0 Å². The number of carbonyl (C=O) groups is 1. The third kappa shape index (κ3) is 2.35. The van der Waals surface area contributed by atoms with Crippen molar-refractivity contribution in [2.24, 2.45) is 0 Å². The number of oxazole rings is 2. The zero-order valence-electron chi connectivity index (χ0n) is 14.3. The van der Waals surface area contributed by atoms with Crippen molar-refractivity contribution in [1.29, 1.82) is 0 Å². The average molecular weight is 367 g/mol. The summed E-state index contributed by atoms with van der Waals surface area (Å²) in [4.78, 5) is 30.5. The number of hydrogen-bond acceptors (Lipinski definition) is 6. The largest absolute Gasteiger partial charge is 0.438 e. The highest BCUT2D eigenvalue weighted by atomic mass is 19.1. The number of para-hydroxylation sites is 1. The highest BCUT2D eigenvalue weighted by Gasteiger charge is 2.39. The van der Waals surface area contributed by atoms with Crippen LogP contribution in [0.3, 0.4) is 0 Å². The number of aromatic amines is 1. The smallest absolute Gasteiger partial charge is 0.292 e. The average Bonchev–Trinajstić information content (AvgIpc) is 3.39. The van der Waals surface area contributed by atoms with Gasteiger partial charge in [-0.1, -0.05) is 6.07 Å². The van der Waals surface area contributed by atoms with Crippen LogP contribution in [-0.4, -0.2) is 37.3 Å². The number of hydrogen-bond donors (Lipinski definition) is 1. The second-order valence-corrected chi connectivity index (χ2v) is 6.32. The maximum atomic E-state index is 14.1. The van der Waals surface area contributed by atoms with Gasteiger partial charge in [0.25, 0.3) is 5.91 Å². The summed E-state index contributed by atoms with van der Waals surface area (Å²) < 4.78 is 25.1. The fourth-order valence-corrected chi connectivity index (χ4v) is 3.43. The second kappa shape index (κ2) is 5.76. The molecule has 0 unspecified atom stereocenters. The fourth-order valence-electron chi connectivity index (χ4n) is 3.43. The van der Waals surface area contributed by atoms with Gasteiger partial charge in [0.05, 0.1) is 17.7 Å². The van der Waals surface area contributed by atoms with Gasteiger partial charge in [-0.05, 0) is 19.1 Å². The standard InChI is InChI=1S/C18H14FN5O3/c1-9-15(26-8-22-9)18(25)24-6-5-11-13(21-7-20-11)14(24)17-23-12-4-2-3-10(19)16(12)27-17/h2-4,7-8,14H,5-6H2,1H3,(H,20,21)/t14-/m0/s1. The monoisotopic (exact) mass is 367 g/mol. The van der Waals surface area contributed by atoms with Crippen LogP contribution in [0.2, 0.25) is 0 Å². The first kappa shape index (κ1) is 15.7. The minimum absolute atomic E-state index is 0.0541. The lowest BCUT2D eigenvalue weighted by Gasteiger charge is -2.32. The summed E-state index contributed by atoms with van der Waals surface area (Å²) in [7, 11) is 0. The van der Waals surface area contributed by atoms with Gasteiger partial charge in [-0.3, -0.25) is 4.79 Å². The molecule has 1 aromatic carbocycles. The summed E-state index contributed by atoms with van der Waals surface area (Å²) >= 11 is 0. The van der Waals surface area contributed by atoms with Crippen molar-refractivity contribution in [3.63, 3.8) is 0 Å². The summed E-state index contributed by atoms with van der Waals surface area (Å²) in [5.41, 5.74) is 2.45. The van der Waals surface area contributed by atoms with Crippen LogP contribution in [0.25, 0.3) is 11.1 Å². The molecule has 136 valence electrons. The van der Waals surface area contributed by atoms with Crippen LogP contribution in [0.15, 0.2) is 39.8 Å². The highest BCUT2D eigenvalue weighted by molar-refractivity contribution is 5.93. The van der Waals surface area contributed by atoms with Gasteiger partial charge in [-0.15, -0.1) is 0 Å². The Balaban J connectivity index is 1.66. The number of halogens is 1. The van der Waals surface area contributed by atoms with Crippen LogP contribution < -0.4 is 0 Å². The van der Waals surface area contributed by atoms with Gasteiger partial charge in [0.1, 0.15) is 5.52 Å². The van der Waals surface area contributed by atoms with E-state index in [1.54, 1.807) is 30.3 Å². The van der Waals surface area contributed by atoms with Crippen molar-refractivity contribution in [2.45, 2.75) is 19.4 Å². The van der Waals surface area contributed by atoms with E-state index in [9.17, 15) is 9.18 Å². The third-order valence-electron chi connectivity index (χ3n) is 4.74. The molecule has 0 saturated carbocycles. The summed E-state index contributed by atoms with van der Waals surface area (Å²) in [6, 6.07) is 3.83. The number of carbonyl (C=O) groups excluding carboxylic acids is 1. The zero-order chi connectivity index (χ0) is 18.5. The van der Waals surface area contributed by atoms with Crippen LogP contribution in [0.5, 0.6) is 0 Å². The van der Waals surface area contributed by atoms with Crippen LogP contribution in [0.4, 0.5) is 4.39 Å². The molecule has 0 bridgehead atoms. The van der Waals surface area contributed by atoms with Crippen LogP contribution in [0.1, 0.15) is 39.6 Å². The Hall–Kier alpha value is -3.49. The minimum Gasteiger partial charge on any atom is -0.438 e. The van der Waals surface area contributed by atoms with Gasteiger partial charge in [-0.25, -0.2) is 19.3 Å². The van der Waals surface area contributed by atoms with E-state index in [1.165, 1.54) is 12.5 Å². The molecule has 1 aliphatic rings. The van der Waals surface area contributed by atoms with Crippen molar-refractivity contribution in [3.05, 3.63) is 65.5 Å². The molecule has 9 heteroatoms. The van der Waals surface area contributed by atoms with E-state index in [-0.39, 0.29) is 23.1 Å². The normalized spacial score (nSPS) is 16.7. The number of benzene rings is 1. The van der Waals surface area contributed by atoms with E-state index in [1.807, 2.05) is 0 Å². The van der Waals surface area contributed by atoms with Crippen LogP contribution >= 0.6 is 0 Å². The van der Waals surface area contributed by atoms with E-state index in [0.717, 1.165) is 5.69 Å². The molecule has 4 aromatic rings. The van der Waals surface area contributed by atoms with Gasteiger partial charge in [0, 0.05) is 18.7 Å². The summed E-state index contributed by atoms with van der Waals surface area (Å²) in [5.74, 6) is -0.491. The second-order valence-electron chi connectivity index (χ2n) is 6.32. The Labute approximate surface area is 152 Å². The molecule has 1 amide bonds. The van der Waals surface area contributed by atoms with Gasteiger partial charge < -0.3 is 18.7 Å². The molecule has 5 rings (SSSR count). The predicted octanol–water partition coefficient (Wildman–Crippen LogP) is 2.77. The molecule has 0 radical (unpaired) electrons. The van der Waals surface area contributed by atoms with Crippen LogP contribution in [0, 0.1) is 12.7 Å². The first-order valence-corrected chi connectivity index (χ1v) is 8.41. The molecule has 1 aliphatic heterocycles. The molecule has 1 atom stereocenters. The lowest BCUT2D eigenvalue weighted by molar-refractivity contribution is 0.0634. The quantitative estimate of drug-likeness (QED) is 0.585. The Morgan fingerprint density at radius 2 is 2.26 bits per heavy atom. The Morgan fingerprint density at radius 3 is 3.04 bits per heavy atom. The number of nitrogens with zero attached hydrogens (tertiary/aromatic N) is 4. The number of fused-ring (bicyclic) bond motifs is 2. The maximum absolute atomic E-state index is 14.1. The molecule has 0 spiro atoms. The number of aryl methyl sites for hydroxylation is 1. The van der Waals surface area contributed by atoms with E-state index >= 15 is 0 Å². The van der Waals surface area contributed by atoms with E-state index < -0.39 is 11.9 Å². The number of H-pyrrole nitrogens is 1. The first-order chi connectivity index (χ1) is 13.1. The molecule has 0 aliphatic carbocycles. The summed E-state index contributed by atoms with van der Waals surface area (Å²) in [6.07, 6.45) is 3.39. The lowest BCUT2D eigenvalue weighted by Crippen LogP contribution is -2.41. The summed E-state index contributed by atoms with van der Waals surface area (Å²) in [5, 5.41) is 0. The number of imidazole rings is 1. The molecule has 0 saturated heterocycles.